The molecule has 0 saturated carbocycles. The molecule has 0 aromatic heterocycles. The molecule has 1 aromatic carbocycles. The topological polar surface area (TPSA) is 61.0 Å². The van der Waals surface area contributed by atoms with E-state index in [4.69, 9.17) is 5.73 Å². The standard InChI is InChI=1S/C10H15N.ClH.H3N/c1-3-10(2,11)9-7-5-4-6-8-9;;/h4-8H,3,11H2,1-2H3;1H;1H3. The maximum atomic E-state index is 6.04. The molecule has 0 aliphatic heterocycles. The Labute approximate surface area is 86.5 Å². The predicted octanol–water partition coefficient (Wildman–Crippen LogP) is 2.85. The highest BCUT2D eigenvalue weighted by Crippen LogP contribution is 2.19. The van der Waals surface area contributed by atoms with E-state index in [1.807, 2.05) is 18.2 Å². The van der Waals surface area contributed by atoms with E-state index in [2.05, 4.69) is 26.0 Å². The minimum atomic E-state index is -0.165. The van der Waals surface area contributed by atoms with Crippen LogP contribution in [0.25, 0.3) is 0 Å². The second kappa shape index (κ2) is 5.97. The van der Waals surface area contributed by atoms with Gasteiger partial charge in [-0.1, -0.05) is 37.3 Å². The van der Waals surface area contributed by atoms with E-state index >= 15 is 0 Å². The van der Waals surface area contributed by atoms with Crippen LogP contribution in [-0.2, 0) is 5.54 Å². The Bertz CT molecular complexity index is 222. The molecule has 13 heavy (non-hydrogen) atoms. The molecular weight excluding hydrogens is 184 g/mol. The number of benzene rings is 1. The van der Waals surface area contributed by atoms with Crippen molar-refractivity contribution in [3.05, 3.63) is 35.9 Å². The Kier molecular flexibility index (Phi) is 6.86. The third-order valence-electron chi connectivity index (χ3n) is 2.17. The van der Waals surface area contributed by atoms with Crippen molar-refractivity contribution in [2.75, 3.05) is 0 Å². The zero-order chi connectivity index (χ0) is 8.32. The molecule has 0 radical (unpaired) electrons. The van der Waals surface area contributed by atoms with Gasteiger partial charge in [-0.15, -0.1) is 12.4 Å². The molecule has 1 atom stereocenters. The zero-order valence-corrected chi connectivity index (χ0v) is 9.10. The van der Waals surface area contributed by atoms with Gasteiger partial charge < -0.3 is 11.9 Å². The van der Waals surface area contributed by atoms with Crippen molar-refractivity contribution in [1.82, 2.24) is 6.15 Å². The monoisotopic (exact) mass is 202 g/mol. The molecule has 1 aromatic rings. The van der Waals surface area contributed by atoms with Gasteiger partial charge >= 0.3 is 0 Å². The van der Waals surface area contributed by atoms with E-state index in [0.29, 0.717) is 0 Å². The van der Waals surface area contributed by atoms with Gasteiger partial charge in [-0.25, -0.2) is 0 Å². The molecule has 0 fully saturated rings. The predicted molar refractivity (Wildman–Crippen MR) is 60.5 cm³/mol. The van der Waals surface area contributed by atoms with E-state index < -0.39 is 0 Å². The molecular formula is C10H19ClN2. The summed E-state index contributed by atoms with van der Waals surface area (Å²) in [4.78, 5) is 0. The summed E-state index contributed by atoms with van der Waals surface area (Å²) < 4.78 is 0. The van der Waals surface area contributed by atoms with Crippen LogP contribution in [0.5, 0.6) is 0 Å². The van der Waals surface area contributed by atoms with Gasteiger partial charge in [0, 0.05) is 5.54 Å². The van der Waals surface area contributed by atoms with Crippen LogP contribution in [0.3, 0.4) is 0 Å². The Balaban J connectivity index is 0. The van der Waals surface area contributed by atoms with Crippen molar-refractivity contribution < 1.29 is 0 Å². The van der Waals surface area contributed by atoms with Crippen LogP contribution in [0.2, 0.25) is 0 Å². The molecule has 0 amide bonds. The lowest BCUT2D eigenvalue weighted by Crippen LogP contribution is -2.31. The van der Waals surface area contributed by atoms with Crippen LogP contribution in [0.4, 0.5) is 0 Å². The first-order chi connectivity index (χ1) is 5.17. The molecule has 5 N–H and O–H groups in total. The van der Waals surface area contributed by atoms with Crippen LogP contribution in [-0.4, -0.2) is 0 Å². The minimum absolute atomic E-state index is 0. The van der Waals surface area contributed by atoms with Gasteiger partial charge in [0.1, 0.15) is 0 Å². The maximum absolute atomic E-state index is 6.04. The first-order valence-corrected chi connectivity index (χ1v) is 4.01. The number of halogens is 1. The first-order valence-electron chi connectivity index (χ1n) is 4.01. The van der Waals surface area contributed by atoms with E-state index in [0.717, 1.165) is 6.42 Å². The van der Waals surface area contributed by atoms with Crippen LogP contribution in [0.1, 0.15) is 25.8 Å². The molecule has 0 spiro atoms. The summed E-state index contributed by atoms with van der Waals surface area (Å²) in [5.41, 5.74) is 7.08. The van der Waals surface area contributed by atoms with Crippen molar-refractivity contribution in [2.45, 2.75) is 25.8 Å². The van der Waals surface area contributed by atoms with E-state index in [1.54, 1.807) is 0 Å². The second-order valence-electron chi connectivity index (χ2n) is 3.14. The highest BCUT2D eigenvalue weighted by Gasteiger charge is 2.16. The fourth-order valence-electron chi connectivity index (χ4n) is 1.02. The van der Waals surface area contributed by atoms with Crippen LogP contribution >= 0.6 is 12.4 Å². The first kappa shape index (κ1) is 14.9. The highest BCUT2D eigenvalue weighted by atomic mass is 35.5. The van der Waals surface area contributed by atoms with Gasteiger partial charge in [0.05, 0.1) is 0 Å². The lowest BCUT2D eigenvalue weighted by atomic mass is 9.91. The molecule has 0 saturated heterocycles. The third-order valence-corrected chi connectivity index (χ3v) is 2.17. The zero-order valence-electron chi connectivity index (χ0n) is 8.29. The summed E-state index contributed by atoms with van der Waals surface area (Å²) in [6.45, 7) is 4.16. The highest BCUT2D eigenvalue weighted by molar-refractivity contribution is 5.85. The van der Waals surface area contributed by atoms with Crippen molar-refractivity contribution >= 4 is 12.4 Å². The summed E-state index contributed by atoms with van der Waals surface area (Å²) in [6.07, 6.45) is 0.969. The van der Waals surface area contributed by atoms with Gasteiger partial charge in [-0.3, -0.25) is 0 Å². The van der Waals surface area contributed by atoms with Crippen LogP contribution < -0.4 is 11.9 Å². The Morgan fingerprint density at radius 2 is 1.69 bits per heavy atom. The van der Waals surface area contributed by atoms with Gasteiger partial charge in [-0.05, 0) is 18.9 Å². The minimum Gasteiger partial charge on any atom is -0.344 e. The molecule has 0 aliphatic carbocycles. The van der Waals surface area contributed by atoms with Gasteiger partial charge in [0.2, 0.25) is 0 Å². The maximum Gasteiger partial charge on any atom is 0.0378 e. The fourth-order valence-corrected chi connectivity index (χ4v) is 1.02. The summed E-state index contributed by atoms with van der Waals surface area (Å²) in [6, 6.07) is 10.2. The largest absolute Gasteiger partial charge is 0.344 e. The summed E-state index contributed by atoms with van der Waals surface area (Å²) in [5.74, 6) is 0. The number of hydrogen-bond acceptors (Lipinski definition) is 2. The normalized spacial score (nSPS) is 13.5. The molecule has 1 rings (SSSR count). The summed E-state index contributed by atoms with van der Waals surface area (Å²) in [7, 11) is 0. The SMILES string of the molecule is CCC(C)(N)c1ccccc1.Cl.N. The van der Waals surface area contributed by atoms with Crippen LogP contribution in [0.15, 0.2) is 30.3 Å². The van der Waals surface area contributed by atoms with Crippen molar-refractivity contribution in [3.63, 3.8) is 0 Å². The fraction of sp³-hybridized carbons (Fsp3) is 0.400. The quantitative estimate of drug-likeness (QED) is 0.775. The molecule has 0 bridgehead atoms. The smallest absolute Gasteiger partial charge is 0.0378 e. The molecule has 2 nitrogen and oxygen atoms in total. The van der Waals surface area contributed by atoms with E-state index in [-0.39, 0.29) is 24.1 Å². The Morgan fingerprint density at radius 3 is 2.08 bits per heavy atom. The average molecular weight is 203 g/mol. The van der Waals surface area contributed by atoms with Crippen molar-refractivity contribution in [1.29, 1.82) is 0 Å². The number of rotatable bonds is 2. The van der Waals surface area contributed by atoms with Crippen molar-refractivity contribution in [3.8, 4) is 0 Å². The Hall–Kier alpha value is -0.570. The molecule has 76 valence electrons. The number of nitrogens with two attached hydrogens (primary N) is 1. The summed E-state index contributed by atoms with van der Waals surface area (Å²) in [5, 5.41) is 0. The molecule has 1 unspecified atom stereocenters. The Morgan fingerprint density at radius 1 is 1.23 bits per heavy atom. The molecule has 0 heterocycles. The molecule has 3 heteroatoms. The molecule has 0 aliphatic rings. The lowest BCUT2D eigenvalue weighted by Gasteiger charge is -2.22. The lowest BCUT2D eigenvalue weighted by molar-refractivity contribution is 0.476. The van der Waals surface area contributed by atoms with E-state index in [1.165, 1.54) is 5.56 Å². The average Bonchev–Trinajstić information content (AvgIpc) is 2.06. The van der Waals surface area contributed by atoms with Gasteiger partial charge in [0.25, 0.3) is 0 Å². The van der Waals surface area contributed by atoms with E-state index in [9.17, 15) is 0 Å². The third kappa shape index (κ3) is 3.77. The summed E-state index contributed by atoms with van der Waals surface area (Å²) >= 11 is 0. The van der Waals surface area contributed by atoms with Gasteiger partial charge in [-0.2, -0.15) is 0 Å². The van der Waals surface area contributed by atoms with Crippen molar-refractivity contribution in [2.24, 2.45) is 5.73 Å². The van der Waals surface area contributed by atoms with Gasteiger partial charge in [0.15, 0.2) is 0 Å². The second-order valence-corrected chi connectivity index (χ2v) is 3.14. The van der Waals surface area contributed by atoms with Crippen LogP contribution in [0, 0.1) is 0 Å². The number of hydrogen-bond donors (Lipinski definition) is 2.